The summed E-state index contributed by atoms with van der Waals surface area (Å²) in [5.41, 5.74) is 2.21. The molecule has 1 unspecified atom stereocenters. The molecule has 1 aromatic carbocycles. The van der Waals surface area contributed by atoms with Crippen LogP contribution in [0.15, 0.2) is 30.5 Å². The zero-order valence-electron chi connectivity index (χ0n) is 21.2. The molecule has 1 aliphatic rings. The number of fused-ring (bicyclic) bond motifs is 1. The lowest BCUT2D eigenvalue weighted by atomic mass is 10.0. The molecule has 0 aliphatic carbocycles. The Labute approximate surface area is 206 Å². The number of carbonyl (C=O) groups is 2. The number of aromatic nitrogens is 2. The van der Waals surface area contributed by atoms with Crippen molar-refractivity contribution in [2.45, 2.75) is 39.9 Å². The van der Waals surface area contributed by atoms with Crippen LogP contribution in [0.3, 0.4) is 0 Å². The first-order valence-electron chi connectivity index (χ1n) is 12.0. The third-order valence-electron chi connectivity index (χ3n) is 6.11. The summed E-state index contributed by atoms with van der Waals surface area (Å²) in [5, 5.41) is 12.2. The number of amides is 2. The van der Waals surface area contributed by atoms with Gasteiger partial charge in [-0.2, -0.15) is 4.98 Å². The van der Waals surface area contributed by atoms with Gasteiger partial charge in [0.2, 0.25) is 5.95 Å². The van der Waals surface area contributed by atoms with Crippen molar-refractivity contribution in [1.29, 1.82) is 0 Å². The van der Waals surface area contributed by atoms with Crippen molar-refractivity contribution in [2.75, 3.05) is 55.4 Å². The Hall–Kier alpha value is -3.40. The average Bonchev–Trinajstić information content (AvgIpc) is 2.95. The van der Waals surface area contributed by atoms with Crippen LogP contribution < -0.4 is 15.1 Å². The standard InChI is InChI=1S/C25H36N6O4/c1-6-26-24-27-15-20-22(28-24)29(4)12-13-31(23(20)32)19-9-7-8-18(14-19)16-35-21(17(2)3)10-11-30(5)25(33)34/h7-9,14-15,17,21H,6,10-13,16H2,1-5H3,(H,33,34)(H,26,27,28). The minimum atomic E-state index is -0.946. The summed E-state index contributed by atoms with van der Waals surface area (Å²) in [6.07, 6.45) is 1.18. The third-order valence-corrected chi connectivity index (χ3v) is 6.11. The van der Waals surface area contributed by atoms with Gasteiger partial charge in [0, 0.05) is 52.2 Å². The van der Waals surface area contributed by atoms with Crippen LogP contribution in [0, 0.1) is 5.92 Å². The number of carboxylic acid groups (broad SMARTS) is 1. The Balaban J connectivity index is 1.74. The molecule has 190 valence electrons. The Kier molecular flexibility index (Phi) is 8.86. The van der Waals surface area contributed by atoms with Gasteiger partial charge < -0.3 is 29.9 Å². The van der Waals surface area contributed by atoms with Gasteiger partial charge in [-0.05, 0) is 37.0 Å². The zero-order chi connectivity index (χ0) is 25.5. The van der Waals surface area contributed by atoms with E-state index >= 15 is 0 Å². The highest BCUT2D eigenvalue weighted by Crippen LogP contribution is 2.27. The van der Waals surface area contributed by atoms with E-state index in [0.717, 1.165) is 11.3 Å². The predicted molar refractivity (Wildman–Crippen MR) is 136 cm³/mol. The maximum absolute atomic E-state index is 13.4. The number of nitrogens with one attached hydrogen (secondary N) is 1. The number of nitrogens with zero attached hydrogens (tertiary/aromatic N) is 5. The van der Waals surface area contributed by atoms with E-state index < -0.39 is 6.09 Å². The van der Waals surface area contributed by atoms with Crippen LogP contribution in [0.1, 0.15) is 43.1 Å². The van der Waals surface area contributed by atoms with Crippen molar-refractivity contribution in [2.24, 2.45) is 5.92 Å². The highest BCUT2D eigenvalue weighted by atomic mass is 16.5. The monoisotopic (exact) mass is 484 g/mol. The molecular formula is C25H36N6O4. The second kappa shape index (κ2) is 11.8. The van der Waals surface area contributed by atoms with Gasteiger partial charge in [-0.15, -0.1) is 0 Å². The minimum Gasteiger partial charge on any atom is -0.465 e. The summed E-state index contributed by atoms with van der Waals surface area (Å²) in [6.45, 7) is 8.74. The number of hydrogen-bond donors (Lipinski definition) is 2. The van der Waals surface area contributed by atoms with E-state index in [1.807, 2.05) is 43.1 Å². The predicted octanol–water partition coefficient (Wildman–Crippen LogP) is 3.55. The zero-order valence-corrected chi connectivity index (χ0v) is 21.2. The molecule has 0 saturated carbocycles. The fourth-order valence-electron chi connectivity index (χ4n) is 3.95. The topological polar surface area (TPSA) is 111 Å². The molecule has 1 aliphatic heterocycles. The van der Waals surface area contributed by atoms with Gasteiger partial charge in [-0.3, -0.25) is 4.79 Å². The van der Waals surface area contributed by atoms with E-state index in [9.17, 15) is 9.59 Å². The number of likely N-dealkylation sites (N-methyl/N-ethyl adjacent to an activating group) is 1. The first-order chi connectivity index (χ1) is 16.7. The van der Waals surface area contributed by atoms with Crippen molar-refractivity contribution >= 4 is 29.5 Å². The van der Waals surface area contributed by atoms with Crippen LogP contribution in [-0.2, 0) is 11.3 Å². The summed E-state index contributed by atoms with van der Waals surface area (Å²) in [6, 6.07) is 7.78. The fraction of sp³-hybridized carbons (Fsp3) is 0.520. The average molecular weight is 485 g/mol. The lowest BCUT2D eigenvalue weighted by molar-refractivity contribution is 0.00129. The number of carbonyl (C=O) groups excluding carboxylic acids is 1. The smallest absolute Gasteiger partial charge is 0.407 e. The van der Waals surface area contributed by atoms with Gasteiger partial charge >= 0.3 is 6.09 Å². The maximum Gasteiger partial charge on any atom is 0.407 e. The Bertz CT molecular complexity index is 1030. The number of hydrogen-bond acceptors (Lipinski definition) is 7. The highest BCUT2D eigenvalue weighted by molar-refractivity contribution is 6.09. The molecule has 0 bridgehead atoms. The summed E-state index contributed by atoms with van der Waals surface area (Å²) in [5.74, 6) is 1.23. The van der Waals surface area contributed by atoms with Crippen LogP contribution in [0.25, 0.3) is 0 Å². The van der Waals surface area contributed by atoms with Gasteiger partial charge in [-0.1, -0.05) is 26.0 Å². The quantitative estimate of drug-likeness (QED) is 0.527. The molecule has 10 nitrogen and oxygen atoms in total. The van der Waals surface area contributed by atoms with Crippen molar-refractivity contribution in [3.05, 3.63) is 41.6 Å². The van der Waals surface area contributed by atoms with E-state index in [1.165, 1.54) is 4.90 Å². The molecule has 35 heavy (non-hydrogen) atoms. The van der Waals surface area contributed by atoms with E-state index in [1.54, 1.807) is 18.1 Å². The summed E-state index contributed by atoms with van der Waals surface area (Å²) < 4.78 is 6.16. The molecule has 1 aromatic heterocycles. The van der Waals surface area contributed by atoms with Gasteiger partial charge in [-0.25, -0.2) is 9.78 Å². The molecule has 2 heterocycles. The summed E-state index contributed by atoms with van der Waals surface area (Å²) in [7, 11) is 3.49. The molecule has 2 amide bonds. The van der Waals surface area contributed by atoms with Crippen LogP contribution >= 0.6 is 0 Å². The first-order valence-corrected chi connectivity index (χ1v) is 12.0. The van der Waals surface area contributed by atoms with Crippen LogP contribution in [0.2, 0.25) is 0 Å². The second-order valence-corrected chi connectivity index (χ2v) is 9.10. The van der Waals surface area contributed by atoms with Crippen LogP contribution in [0.4, 0.5) is 22.2 Å². The number of rotatable bonds is 10. The van der Waals surface area contributed by atoms with Gasteiger partial charge in [0.05, 0.1) is 12.7 Å². The fourth-order valence-corrected chi connectivity index (χ4v) is 3.95. The summed E-state index contributed by atoms with van der Waals surface area (Å²) >= 11 is 0. The third kappa shape index (κ3) is 6.60. The molecule has 10 heteroatoms. The van der Waals surface area contributed by atoms with Crippen molar-refractivity contribution < 1.29 is 19.4 Å². The normalized spacial score (nSPS) is 14.5. The molecule has 2 aromatic rings. The van der Waals surface area contributed by atoms with E-state index in [2.05, 4.69) is 29.1 Å². The van der Waals surface area contributed by atoms with Crippen LogP contribution in [-0.4, -0.2) is 78.4 Å². The SMILES string of the molecule is CCNc1ncc2c(n1)N(C)CCN(c1cccc(COC(CCN(C)C(=O)O)C(C)C)c1)C2=O. The van der Waals surface area contributed by atoms with E-state index in [4.69, 9.17) is 9.84 Å². The first kappa shape index (κ1) is 26.2. The Morgan fingerprint density at radius 1 is 1.31 bits per heavy atom. The molecular weight excluding hydrogens is 448 g/mol. The minimum absolute atomic E-state index is 0.0797. The molecule has 0 fully saturated rings. The van der Waals surface area contributed by atoms with E-state index in [0.29, 0.717) is 56.5 Å². The Morgan fingerprint density at radius 3 is 2.77 bits per heavy atom. The molecule has 3 rings (SSSR count). The van der Waals surface area contributed by atoms with Crippen molar-refractivity contribution in [3.8, 4) is 0 Å². The highest BCUT2D eigenvalue weighted by Gasteiger charge is 2.28. The molecule has 0 radical (unpaired) electrons. The van der Waals surface area contributed by atoms with Gasteiger partial charge in [0.15, 0.2) is 0 Å². The molecule has 0 spiro atoms. The van der Waals surface area contributed by atoms with E-state index in [-0.39, 0.29) is 17.9 Å². The summed E-state index contributed by atoms with van der Waals surface area (Å²) in [4.78, 5) is 38.4. The van der Waals surface area contributed by atoms with Crippen molar-refractivity contribution in [3.63, 3.8) is 0 Å². The molecule has 2 N–H and O–H groups in total. The molecule has 1 atom stereocenters. The largest absolute Gasteiger partial charge is 0.465 e. The van der Waals surface area contributed by atoms with Crippen molar-refractivity contribution in [1.82, 2.24) is 14.9 Å². The lowest BCUT2D eigenvalue weighted by Crippen LogP contribution is -2.33. The Morgan fingerprint density at radius 2 is 2.09 bits per heavy atom. The number of ether oxygens (including phenoxy) is 1. The molecule has 0 saturated heterocycles. The maximum atomic E-state index is 13.4. The van der Waals surface area contributed by atoms with Crippen LogP contribution in [0.5, 0.6) is 0 Å². The van der Waals surface area contributed by atoms with Gasteiger partial charge in [0.1, 0.15) is 11.4 Å². The second-order valence-electron chi connectivity index (χ2n) is 9.10. The number of anilines is 3. The lowest BCUT2D eigenvalue weighted by Gasteiger charge is -2.25. The van der Waals surface area contributed by atoms with Gasteiger partial charge in [0.25, 0.3) is 5.91 Å². The number of benzene rings is 1.